The molecule has 0 heterocycles. The fraction of sp³-hybridized carbons (Fsp3) is 0.414. The van der Waals surface area contributed by atoms with E-state index in [-0.39, 0.29) is 25.0 Å². The average Bonchev–Trinajstić information content (AvgIpc) is 2.95. The van der Waals surface area contributed by atoms with Crippen LogP contribution in [-0.4, -0.2) is 75.7 Å². The molecule has 0 aliphatic heterocycles. The van der Waals surface area contributed by atoms with Gasteiger partial charge in [-0.3, -0.25) is 19.2 Å². The van der Waals surface area contributed by atoms with Crippen LogP contribution in [0.4, 0.5) is 0 Å². The van der Waals surface area contributed by atoms with E-state index in [9.17, 15) is 39.3 Å². The van der Waals surface area contributed by atoms with Crippen molar-refractivity contribution in [1.82, 2.24) is 16.0 Å². The molecule has 2 aromatic carbocycles. The lowest BCUT2D eigenvalue weighted by Gasteiger charge is -2.25. The summed E-state index contributed by atoms with van der Waals surface area (Å²) in [6.07, 6.45) is 0.755. The van der Waals surface area contributed by atoms with Gasteiger partial charge in [0.2, 0.25) is 17.7 Å². The Morgan fingerprint density at radius 3 is 1.83 bits per heavy atom. The van der Waals surface area contributed by atoms with Gasteiger partial charge in [0.1, 0.15) is 23.9 Å². The molecule has 0 saturated carbocycles. The number of nitrogens with two attached hydrogens (primary N) is 2. The Morgan fingerprint density at radius 2 is 1.24 bits per heavy atom. The number of carboxylic acid groups (broad SMARTS) is 2. The maximum atomic E-state index is 13.4. The number of benzene rings is 2. The van der Waals surface area contributed by atoms with Crippen LogP contribution in [0.5, 0.6) is 5.75 Å². The summed E-state index contributed by atoms with van der Waals surface area (Å²) in [5.74, 6) is -4.83. The number of aromatic hydroxyl groups is 1. The van der Waals surface area contributed by atoms with Gasteiger partial charge in [-0.25, -0.2) is 4.79 Å². The minimum Gasteiger partial charge on any atom is -0.508 e. The van der Waals surface area contributed by atoms with Gasteiger partial charge in [0, 0.05) is 19.3 Å². The van der Waals surface area contributed by atoms with Crippen LogP contribution in [0.3, 0.4) is 0 Å². The molecular weight excluding hydrogens is 546 g/mol. The number of hydrogen-bond acceptors (Lipinski definition) is 8. The van der Waals surface area contributed by atoms with E-state index in [1.54, 1.807) is 30.3 Å². The molecule has 10 N–H and O–H groups in total. The van der Waals surface area contributed by atoms with Gasteiger partial charge in [-0.15, -0.1) is 0 Å². The summed E-state index contributed by atoms with van der Waals surface area (Å²) in [7, 11) is 0. The van der Waals surface area contributed by atoms with Gasteiger partial charge in [0.15, 0.2) is 0 Å². The van der Waals surface area contributed by atoms with Crippen molar-refractivity contribution in [3.63, 3.8) is 0 Å². The van der Waals surface area contributed by atoms with Crippen LogP contribution in [0.2, 0.25) is 0 Å². The Kier molecular flexibility index (Phi) is 13.9. The van der Waals surface area contributed by atoms with E-state index in [2.05, 4.69) is 16.0 Å². The number of unbranched alkanes of at least 4 members (excludes halogenated alkanes) is 1. The number of rotatable bonds is 18. The third-order valence-electron chi connectivity index (χ3n) is 6.49. The van der Waals surface area contributed by atoms with Crippen molar-refractivity contribution in [2.45, 2.75) is 69.1 Å². The molecule has 4 atom stereocenters. The zero-order chi connectivity index (χ0) is 31.1. The molecule has 228 valence electrons. The van der Waals surface area contributed by atoms with Gasteiger partial charge in [0.05, 0.1) is 6.04 Å². The molecule has 0 bridgehead atoms. The van der Waals surface area contributed by atoms with E-state index < -0.39 is 60.2 Å². The first-order valence-corrected chi connectivity index (χ1v) is 13.6. The predicted molar refractivity (Wildman–Crippen MR) is 153 cm³/mol. The second kappa shape index (κ2) is 17.4. The molecule has 3 amide bonds. The van der Waals surface area contributed by atoms with Crippen LogP contribution in [0.15, 0.2) is 54.6 Å². The molecular formula is C29H39N5O8. The summed E-state index contributed by atoms with van der Waals surface area (Å²) in [5.41, 5.74) is 12.7. The molecule has 42 heavy (non-hydrogen) atoms. The molecule has 0 fully saturated rings. The SMILES string of the molecule is NCCCCC(N)C(=O)NC(Cc1ccccc1)C(=O)NC(CCC(=O)O)C(=O)NC(Cc1ccc(O)cc1)C(=O)O. The molecule has 0 aliphatic carbocycles. The number of aliphatic carboxylic acids is 2. The number of amides is 3. The first-order valence-electron chi connectivity index (χ1n) is 13.6. The summed E-state index contributed by atoms with van der Waals surface area (Å²) >= 11 is 0. The number of hydrogen-bond donors (Lipinski definition) is 8. The summed E-state index contributed by atoms with van der Waals surface area (Å²) in [6.45, 7) is 0.449. The fourth-order valence-corrected chi connectivity index (χ4v) is 4.13. The summed E-state index contributed by atoms with van der Waals surface area (Å²) in [6, 6.07) is 9.67. The number of nitrogens with one attached hydrogen (secondary N) is 3. The zero-order valence-electron chi connectivity index (χ0n) is 23.2. The Bertz CT molecular complexity index is 1190. The molecule has 2 aromatic rings. The van der Waals surface area contributed by atoms with Crippen molar-refractivity contribution in [3.05, 3.63) is 65.7 Å². The average molecular weight is 586 g/mol. The smallest absolute Gasteiger partial charge is 0.326 e. The standard InChI is InChI=1S/C29H39N5O8/c30-15-5-4-8-21(31)26(38)33-23(16-18-6-2-1-3-7-18)28(40)32-22(13-14-25(36)37)27(39)34-24(29(41)42)17-19-9-11-20(35)12-10-19/h1-3,6-7,9-12,21-24,35H,4-5,8,13-17,30-31H2,(H,32,40)(H,33,38)(H,34,39)(H,36,37)(H,41,42). The first kappa shape index (κ1) is 33.7. The summed E-state index contributed by atoms with van der Waals surface area (Å²) < 4.78 is 0. The highest BCUT2D eigenvalue weighted by atomic mass is 16.4. The van der Waals surface area contributed by atoms with Crippen molar-refractivity contribution in [3.8, 4) is 5.75 Å². The van der Waals surface area contributed by atoms with Crippen LogP contribution >= 0.6 is 0 Å². The van der Waals surface area contributed by atoms with Crippen molar-refractivity contribution < 1.29 is 39.3 Å². The topological polar surface area (TPSA) is 234 Å². The molecule has 2 rings (SSSR count). The summed E-state index contributed by atoms with van der Waals surface area (Å²) in [5, 5.41) is 35.8. The minimum absolute atomic E-state index is 0.0141. The van der Waals surface area contributed by atoms with E-state index >= 15 is 0 Å². The highest BCUT2D eigenvalue weighted by Crippen LogP contribution is 2.12. The molecule has 13 heteroatoms. The Hall–Kier alpha value is -4.49. The summed E-state index contributed by atoms with van der Waals surface area (Å²) in [4.78, 5) is 62.6. The first-order chi connectivity index (χ1) is 20.0. The van der Waals surface area contributed by atoms with E-state index in [0.29, 0.717) is 36.9 Å². The van der Waals surface area contributed by atoms with E-state index in [1.807, 2.05) is 0 Å². The number of phenols is 1. The van der Waals surface area contributed by atoms with Crippen LogP contribution in [0, 0.1) is 0 Å². The quantitative estimate of drug-likeness (QED) is 0.109. The number of phenolic OH excluding ortho intramolecular Hbond substituents is 1. The minimum atomic E-state index is -1.41. The van der Waals surface area contributed by atoms with Crippen molar-refractivity contribution in [1.29, 1.82) is 0 Å². The zero-order valence-corrected chi connectivity index (χ0v) is 23.2. The monoisotopic (exact) mass is 585 g/mol. The predicted octanol–water partition coefficient (Wildman–Crippen LogP) is 0.0375. The molecule has 0 radical (unpaired) electrons. The largest absolute Gasteiger partial charge is 0.508 e. The number of carbonyl (C=O) groups is 5. The number of carbonyl (C=O) groups excluding carboxylic acids is 3. The molecule has 0 spiro atoms. The van der Waals surface area contributed by atoms with Gasteiger partial charge in [0.25, 0.3) is 0 Å². The third kappa shape index (κ3) is 11.9. The lowest BCUT2D eigenvalue weighted by molar-refractivity contribution is -0.143. The second-order valence-corrected chi connectivity index (χ2v) is 9.91. The lowest BCUT2D eigenvalue weighted by Crippen LogP contribution is -2.57. The highest BCUT2D eigenvalue weighted by molar-refractivity contribution is 5.94. The Morgan fingerprint density at radius 1 is 0.690 bits per heavy atom. The van der Waals surface area contributed by atoms with E-state index in [4.69, 9.17) is 11.5 Å². The van der Waals surface area contributed by atoms with Crippen LogP contribution in [0.1, 0.15) is 43.2 Å². The highest BCUT2D eigenvalue weighted by Gasteiger charge is 2.31. The molecule has 13 nitrogen and oxygen atoms in total. The van der Waals surface area contributed by atoms with E-state index in [0.717, 1.165) is 0 Å². The maximum absolute atomic E-state index is 13.4. The van der Waals surface area contributed by atoms with Gasteiger partial charge in [-0.05, 0) is 49.1 Å². The van der Waals surface area contributed by atoms with Crippen molar-refractivity contribution in [2.75, 3.05) is 6.54 Å². The molecule has 4 unspecified atom stereocenters. The lowest BCUT2D eigenvalue weighted by atomic mass is 10.0. The normalized spacial score (nSPS) is 13.7. The Labute approximate surface area is 243 Å². The molecule has 0 saturated heterocycles. The van der Waals surface area contributed by atoms with Crippen LogP contribution in [0.25, 0.3) is 0 Å². The van der Waals surface area contributed by atoms with Gasteiger partial charge in [-0.2, -0.15) is 0 Å². The van der Waals surface area contributed by atoms with Gasteiger partial charge < -0.3 is 42.7 Å². The fourth-order valence-electron chi connectivity index (χ4n) is 4.13. The Balaban J connectivity index is 2.22. The maximum Gasteiger partial charge on any atom is 0.326 e. The van der Waals surface area contributed by atoms with Crippen molar-refractivity contribution in [2.24, 2.45) is 11.5 Å². The van der Waals surface area contributed by atoms with Crippen LogP contribution in [-0.2, 0) is 36.8 Å². The van der Waals surface area contributed by atoms with Crippen molar-refractivity contribution >= 4 is 29.7 Å². The second-order valence-electron chi connectivity index (χ2n) is 9.91. The van der Waals surface area contributed by atoms with Crippen LogP contribution < -0.4 is 27.4 Å². The molecule has 0 aliphatic rings. The van der Waals surface area contributed by atoms with Gasteiger partial charge >= 0.3 is 11.9 Å². The molecule has 0 aromatic heterocycles. The third-order valence-corrected chi connectivity index (χ3v) is 6.49. The number of carboxylic acids is 2. The van der Waals surface area contributed by atoms with Gasteiger partial charge in [-0.1, -0.05) is 48.9 Å². The van der Waals surface area contributed by atoms with E-state index in [1.165, 1.54) is 24.3 Å².